The van der Waals surface area contributed by atoms with Gasteiger partial charge in [-0.1, -0.05) is 36.4 Å². The van der Waals surface area contributed by atoms with E-state index in [0.717, 1.165) is 29.2 Å². The molecule has 23 heavy (non-hydrogen) atoms. The normalized spacial score (nSPS) is 16.1. The van der Waals surface area contributed by atoms with Crippen LogP contribution in [-0.2, 0) is 9.53 Å². The number of benzene rings is 2. The highest BCUT2D eigenvalue weighted by atomic mass is 16.5. The predicted octanol–water partition coefficient (Wildman–Crippen LogP) is 3.07. The number of aliphatic hydroxyl groups excluding tert-OH is 1. The maximum Gasteiger partial charge on any atom is 0.250 e. The maximum absolute atomic E-state index is 12.2. The van der Waals surface area contributed by atoms with E-state index in [4.69, 9.17) is 4.74 Å². The van der Waals surface area contributed by atoms with Crippen molar-refractivity contribution >= 4 is 16.7 Å². The van der Waals surface area contributed by atoms with Gasteiger partial charge in [-0.2, -0.15) is 0 Å². The van der Waals surface area contributed by atoms with Crippen molar-refractivity contribution in [1.29, 1.82) is 0 Å². The second-order valence-electron chi connectivity index (χ2n) is 5.82. The second-order valence-corrected chi connectivity index (χ2v) is 5.82. The minimum atomic E-state index is -0.728. The van der Waals surface area contributed by atoms with Crippen LogP contribution in [0.25, 0.3) is 10.8 Å². The Labute approximate surface area is 135 Å². The summed E-state index contributed by atoms with van der Waals surface area (Å²) in [6.45, 7) is 2.67. The molecule has 0 saturated carbocycles. The fourth-order valence-corrected chi connectivity index (χ4v) is 2.84. The molecule has 0 fully saturated rings. The Morgan fingerprint density at radius 1 is 1.26 bits per heavy atom. The molecule has 120 valence electrons. The zero-order chi connectivity index (χ0) is 16.2. The van der Waals surface area contributed by atoms with Gasteiger partial charge in [0, 0.05) is 6.54 Å². The molecule has 1 atom stereocenters. The highest BCUT2D eigenvalue weighted by Crippen LogP contribution is 2.21. The number of carbonyl (C=O) groups is 1. The molecule has 0 saturated heterocycles. The van der Waals surface area contributed by atoms with E-state index in [-0.39, 0.29) is 12.5 Å². The topological polar surface area (TPSA) is 58.6 Å². The summed E-state index contributed by atoms with van der Waals surface area (Å²) in [5, 5.41) is 15.3. The van der Waals surface area contributed by atoms with Gasteiger partial charge in [0.2, 0.25) is 0 Å². The summed E-state index contributed by atoms with van der Waals surface area (Å²) in [6, 6.07) is 13.8. The Morgan fingerprint density at radius 2 is 2.04 bits per heavy atom. The van der Waals surface area contributed by atoms with Crippen LogP contribution in [0.4, 0.5) is 0 Å². The predicted molar refractivity (Wildman–Crippen MR) is 89.8 cm³/mol. The SMILES string of the molecule is CC1=C(C(=O)NCC(O)c2ccc3ccccc3c2)CCCO1. The molecule has 1 heterocycles. The molecule has 0 aromatic heterocycles. The third-order valence-electron chi connectivity index (χ3n) is 4.20. The zero-order valence-corrected chi connectivity index (χ0v) is 13.2. The van der Waals surface area contributed by atoms with E-state index in [9.17, 15) is 9.90 Å². The quantitative estimate of drug-likeness (QED) is 0.912. The Kier molecular flexibility index (Phi) is 4.63. The van der Waals surface area contributed by atoms with Gasteiger partial charge in [-0.05, 0) is 42.2 Å². The summed E-state index contributed by atoms with van der Waals surface area (Å²) >= 11 is 0. The van der Waals surface area contributed by atoms with Crippen molar-refractivity contribution in [3.63, 3.8) is 0 Å². The minimum absolute atomic E-state index is 0.151. The Balaban J connectivity index is 1.66. The van der Waals surface area contributed by atoms with Crippen LogP contribution in [0.5, 0.6) is 0 Å². The highest BCUT2D eigenvalue weighted by molar-refractivity contribution is 5.94. The smallest absolute Gasteiger partial charge is 0.250 e. The van der Waals surface area contributed by atoms with Crippen LogP contribution in [-0.4, -0.2) is 24.2 Å². The largest absolute Gasteiger partial charge is 0.498 e. The standard InChI is InChI=1S/C19H21NO3/c1-13-17(7-4-10-23-13)19(22)20-12-18(21)16-9-8-14-5-2-3-6-15(14)11-16/h2-3,5-6,8-9,11,18,21H,4,7,10,12H2,1H3,(H,20,22). The number of allylic oxidation sites excluding steroid dienone is 1. The first kappa shape index (κ1) is 15.6. The number of aliphatic hydroxyl groups is 1. The van der Waals surface area contributed by atoms with Crippen LogP contribution in [0.15, 0.2) is 53.8 Å². The molecule has 0 radical (unpaired) electrons. The lowest BCUT2D eigenvalue weighted by Crippen LogP contribution is -2.31. The summed E-state index contributed by atoms with van der Waals surface area (Å²) in [6.07, 6.45) is 0.853. The zero-order valence-electron chi connectivity index (χ0n) is 13.2. The lowest BCUT2D eigenvalue weighted by atomic mass is 10.0. The van der Waals surface area contributed by atoms with E-state index < -0.39 is 6.10 Å². The molecule has 1 aliphatic heterocycles. The van der Waals surface area contributed by atoms with E-state index in [1.54, 1.807) is 0 Å². The van der Waals surface area contributed by atoms with E-state index >= 15 is 0 Å². The number of ether oxygens (including phenoxy) is 1. The third-order valence-corrected chi connectivity index (χ3v) is 4.20. The molecule has 2 N–H and O–H groups in total. The van der Waals surface area contributed by atoms with Crippen LogP contribution < -0.4 is 5.32 Å². The molecule has 1 amide bonds. The molecule has 4 heteroatoms. The number of fused-ring (bicyclic) bond motifs is 1. The number of hydrogen-bond donors (Lipinski definition) is 2. The summed E-state index contributed by atoms with van der Waals surface area (Å²) < 4.78 is 5.41. The second kappa shape index (κ2) is 6.84. The van der Waals surface area contributed by atoms with Gasteiger partial charge < -0.3 is 15.2 Å². The van der Waals surface area contributed by atoms with Crippen molar-refractivity contribution in [1.82, 2.24) is 5.32 Å². The summed E-state index contributed by atoms with van der Waals surface area (Å²) in [5.74, 6) is 0.538. The molecular formula is C19H21NO3. The Bertz CT molecular complexity index is 751. The van der Waals surface area contributed by atoms with Gasteiger partial charge in [-0.3, -0.25) is 4.79 Å². The van der Waals surface area contributed by atoms with Gasteiger partial charge in [0.05, 0.1) is 18.3 Å². The highest BCUT2D eigenvalue weighted by Gasteiger charge is 2.18. The number of rotatable bonds is 4. The van der Waals surface area contributed by atoms with Gasteiger partial charge in [0.15, 0.2) is 0 Å². The lowest BCUT2D eigenvalue weighted by Gasteiger charge is -2.19. The van der Waals surface area contributed by atoms with Crippen molar-refractivity contribution in [2.24, 2.45) is 0 Å². The summed E-state index contributed by atoms with van der Waals surface area (Å²) in [7, 11) is 0. The first-order valence-corrected chi connectivity index (χ1v) is 7.92. The minimum Gasteiger partial charge on any atom is -0.498 e. The van der Waals surface area contributed by atoms with Crippen molar-refractivity contribution in [2.75, 3.05) is 13.2 Å². The van der Waals surface area contributed by atoms with Gasteiger partial charge in [-0.25, -0.2) is 0 Å². The molecule has 1 aliphatic rings. The summed E-state index contributed by atoms with van der Waals surface area (Å²) in [5.41, 5.74) is 1.48. The molecule has 1 unspecified atom stereocenters. The third kappa shape index (κ3) is 3.54. The van der Waals surface area contributed by atoms with E-state index in [1.165, 1.54) is 0 Å². The van der Waals surface area contributed by atoms with Crippen molar-refractivity contribution in [3.8, 4) is 0 Å². The van der Waals surface area contributed by atoms with E-state index in [1.807, 2.05) is 49.4 Å². The fourth-order valence-electron chi connectivity index (χ4n) is 2.84. The van der Waals surface area contributed by atoms with Crippen LogP contribution >= 0.6 is 0 Å². The molecule has 2 aromatic carbocycles. The summed E-state index contributed by atoms with van der Waals surface area (Å²) in [4.78, 5) is 12.2. The van der Waals surface area contributed by atoms with E-state index in [2.05, 4.69) is 5.32 Å². The van der Waals surface area contributed by atoms with Crippen LogP contribution in [0.1, 0.15) is 31.4 Å². The van der Waals surface area contributed by atoms with Gasteiger partial charge in [0.1, 0.15) is 5.76 Å². The van der Waals surface area contributed by atoms with Crippen LogP contribution in [0.2, 0.25) is 0 Å². The molecule has 2 aromatic rings. The van der Waals surface area contributed by atoms with Crippen LogP contribution in [0.3, 0.4) is 0 Å². The van der Waals surface area contributed by atoms with Crippen molar-refractivity contribution < 1.29 is 14.6 Å². The van der Waals surface area contributed by atoms with Crippen molar-refractivity contribution in [3.05, 3.63) is 59.4 Å². The van der Waals surface area contributed by atoms with Crippen LogP contribution in [0, 0.1) is 0 Å². The Morgan fingerprint density at radius 3 is 2.83 bits per heavy atom. The molecule has 0 aliphatic carbocycles. The monoisotopic (exact) mass is 311 g/mol. The van der Waals surface area contributed by atoms with E-state index in [0.29, 0.717) is 17.9 Å². The average molecular weight is 311 g/mol. The molecular weight excluding hydrogens is 290 g/mol. The molecule has 3 rings (SSSR count). The average Bonchev–Trinajstić information content (AvgIpc) is 2.59. The molecule has 4 nitrogen and oxygen atoms in total. The van der Waals surface area contributed by atoms with Crippen molar-refractivity contribution in [2.45, 2.75) is 25.9 Å². The lowest BCUT2D eigenvalue weighted by molar-refractivity contribution is -0.118. The first-order valence-electron chi connectivity index (χ1n) is 7.92. The number of nitrogens with one attached hydrogen (secondary N) is 1. The fraction of sp³-hybridized carbons (Fsp3) is 0.316. The van der Waals surface area contributed by atoms with Gasteiger partial charge in [0.25, 0.3) is 5.91 Å². The maximum atomic E-state index is 12.2. The molecule has 0 bridgehead atoms. The Hall–Kier alpha value is -2.33. The number of carbonyl (C=O) groups excluding carboxylic acids is 1. The number of hydrogen-bond acceptors (Lipinski definition) is 3. The number of amides is 1. The first-order chi connectivity index (χ1) is 11.1. The van der Waals surface area contributed by atoms with Gasteiger partial charge in [-0.15, -0.1) is 0 Å². The van der Waals surface area contributed by atoms with Gasteiger partial charge >= 0.3 is 0 Å². The molecule has 0 spiro atoms.